The third-order valence-corrected chi connectivity index (χ3v) is 7.16. The molecule has 1 aromatic rings. The van der Waals surface area contributed by atoms with Crippen LogP contribution in [0.1, 0.15) is 63.7 Å². The van der Waals surface area contributed by atoms with E-state index in [1.807, 2.05) is 62.9 Å². The summed E-state index contributed by atoms with van der Waals surface area (Å²) in [6, 6.07) is 7.54. The van der Waals surface area contributed by atoms with Crippen LogP contribution in [0.15, 0.2) is 64.0 Å². The van der Waals surface area contributed by atoms with E-state index in [1.54, 1.807) is 15.9 Å². The zero-order valence-corrected chi connectivity index (χ0v) is 22.3. The lowest BCUT2D eigenvalue weighted by Gasteiger charge is -2.33. The van der Waals surface area contributed by atoms with Crippen LogP contribution in [0.5, 0.6) is 0 Å². The molecule has 2 fully saturated rings. The normalized spacial score (nSPS) is 19.5. The summed E-state index contributed by atoms with van der Waals surface area (Å²) >= 11 is 0. The summed E-state index contributed by atoms with van der Waals surface area (Å²) in [5.74, 6) is 1.33. The van der Waals surface area contributed by atoms with Crippen molar-refractivity contribution < 1.29 is 14.4 Å². The molecule has 0 aromatic heterocycles. The molecule has 1 saturated carbocycles. The van der Waals surface area contributed by atoms with Gasteiger partial charge >= 0.3 is 0 Å². The van der Waals surface area contributed by atoms with Gasteiger partial charge in [0.15, 0.2) is 0 Å². The number of benzene rings is 1. The molecule has 8 heteroatoms. The number of carbonyl (C=O) groups excluding carboxylic acids is 3. The van der Waals surface area contributed by atoms with Gasteiger partial charge in [-0.1, -0.05) is 18.4 Å². The Kier molecular flexibility index (Phi) is 8.26. The fraction of sp³-hybridized carbons (Fsp3) is 0.448. The smallest absolute Gasteiger partial charge is 0.253 e. The van der Waals surface area contributed by atoms with Crippen molar-refractivity contribution in [3.63, 3.8) is 0 Å². The van der Waals surface area contributed by atoms with Gasteiger partial charge in [0.05, 0.1) is 0 Å². The first-order chi connectivity index (χ1) is 17.8. The molecule has 0 spiro atoms. The fourth-order valence-electron chi connectivity index (χ4n) is 4.98. The summed E-state index contributed by atoms with van der Waals surface area (Å²) < 4.78 is 0. The van der Waals surface area contributed by atoms with Crippen molar-refractivity contribution in [2.45, 2.75) is 59.4 Å². The van der Waals surface area contributed by atoms with E-state index in [2.05, 4.69) is 5.32 Å². The molecule has 0 unspecified atom stereocenters. The second-order valence-corrected chi connectivity index (χ2v) is 10.3. The standard InChI is InChI=1S/C29H37N5O3/c1-20(2)25-13-14-26(36)34(24-7-5-6-8-24)28(25)31-27(21(3)4)30-23-11-9-22(10-12-23)29(37)33-17-15-32(19-35)16-18-33/h9-14,19,24,30H,5-8,15-18H2,1-4H3/b31-28+. The predicted octanol–water partition coefficient (Wildman–Crippen LogP) is 4.34. The number of carbonyl (C=O) groups is 3. The first kappa shape index (κ1) is 26.4. The molecular weight excluding hydrogens is 466 g/mol. The first-order valence-electron chi connectivity index (χ1n) is 13.1. The van der Waals surface area contributed by atoms with Crippen LogP contribution in [0.25, 0.3) is 0 Å². The number of rotatable bonds is 6. The third-order valence-electron chi connectivity index (χ3n) is 7.16. The van der Waals surface area contributed by atoms with E-state index < -0.39 is 0 Å². The Bertz CT molecular complexity index is 1160. The molecule has 1 aromatic carbocycles. The Morgan fingerprint density at radius 1 is 0.973 bits per heavy atom. The van der Waals surface area contributed by atoms with Crippen molar-refractivity contribution in [2.24, 2.45) is 4.99 Å². The predicted molar refractivity (Wildman–Crippen MR) is 146 cm³/mol. The SMILES string of the molecule is CC(C)=C(/N=C1\C(=C(C)C)C=CC(=O)N1C1CCCC1)Nc1ccc(C(=O)N2CCN(C=O)CC2)cc1. The number of amides is 3. The number of hydrogen-bond donors (Lipinski definition) is 1. The number of anilines is 1. The maximum atomic E-state index is 13.0. The summed E-state index contributed by atoms with van der Waals surface area (Å²) in [6.07, 6.45) is 8.60. The summed E-state index contributed by atoms with van der Waals surface area (Å²) in [5.41, 5.74) is 4.49. The summed E-state index contributed by atoms with van der Waals surface area (Å²) in [5, 5.41) is 3.41. The van der Waals surface area contributed by atoms with Crippen LogP contribution in [0, 0.1) is 0 Å². The highest BCUT2D eigenvalue weighted by molar-refractivity contribution is 6.16. The molecule has 1 N–H and O–H groups in total. The summed E-state index contributed by atoms with van der Waals surface area (Å²) in [4.78, 5) is 47.2. The number of allylic oxidation sites excluding steroid dienone is 2. The molecule has 37 heavy (non-hydrogen) atoms. The first-order valence-corrected chi connectivity index (χ1v) is 13.1. The minimum absolute atomic E-state index is 0.0133. The maximum absolute atomic E-state index is 13.0. The van der Waals surface area contributed by atoms with Gasteiger partial charge in [-0.2, -0.15) is 0 Å². The molecule has 1 aliphatic carbocycles. The molecule has 196 valence electrons. The number of hydrogen-bond acceptors (Lipinski definition) is 5. The van der Waals surface area contributed by atoms with E-state index in [0.717, 1.165) is 54.5 Å². The van der Waals surface area contributed by atoms with Gasteiger partial charge in [0.2, 0.25) is 6.41 Å². The zero-order valence-electron chi connectivity index (χ0n) is 22.3. The van der Waals surface area contributed by atoms with Gasteiger partial charge in [-0.15, -0.1) is 0 Å². The third kappa shape index (κ3) is 6.01. The highest BCUT2D eigenvalue weighted by atomic mass is 16.2. The van der Waals surface area contributed by atoms with Crippen LogP contribution < -0.4 is 5.32 Å². The lowest BCUT2D eigenvalue weighted by molar-refractivity contribution is -0.124. The van der Waals surface area contributed by atoms with Crippen molar-refractivity contribution in [1.82, 2.24) is 14.7 Å². The molecule has 2 heterocycles. The van der Waals surface area contributed by atoms with Gasteiger partial charge in [-0.3, -0.25) is 19.3 Å². The number of nitrogens with one attached hydrogen (secondary N) is 1. The molecule has 0 bridgehead atoms. The Hall–Kier alpha value is -3.68. The molecule has 1 saturated heterocycles. The van der Waals surface area contributed by atoms with Crippen LogP contribution >= 0.6 is 0 Å². The number of piperazine rings is 1. The lowest BCUT2D eigenvalue weighted by Crippen LogP contribution is -2.48. The van der Waals surface area contributed by atoms with Crippen molar-refractivity contribution in [2.75, 3.05) is 31.5 Å². The van der Waals surface area contributed by atoms with Crippen molar-refractivity contribution >= 4 is 29.7 Å². The molecule has 0 atom stereocenters. The maximum Gasteiger partial charge on any atom is 0.253 e. The van der Waals surface area contributed by atoms with Gasteiger partial charge < -0.3 is 15.1 Å². The van der Waals surface area contributed by atoms with Gasteiger partial charge in [0.25, 0.3) is 11.8 Å². The molecule has 3 amide bonds. The highest BCUT2D eigenvalue weighted by Crippen LogP contribution is 2.30. The molecule has 4 rings (SSSR count). The monoisotopic (exact) mass is 503 g/mol. The number of aliphatic imine (C=N–C) groups is 1. The van der Waals surface area contributed by atoms with Gasteiger partial charge in [0, 0.05) is 55.1 Å². The van der Waals surface area contributed by atoms with Crippen molar-refractivity contribution in [1.29, 1.82) is 0 Å². The summed E-state index contributed by atoms with van der Waals surface area (Å²) in [7, 11) is 0. The van der Waals surface area contributed by atoms with Crippen LogP contribution in [0.4, 0.5) is 5.69 Å². The molecule has 0 radical (unpaired) electrons. The topological polar surface area (TPSA) is 85.3 Å². The highest BCUT2D eigenvalue weighted by Gasteiger charge is 2.33. The van der Waals surface area contributed by atoms with E-state index in [0.29, 0.717) is 43.4 Å². The second kappa shape index (κ2) is 11.6. The van der Waals surface area contributed by atoms with E-state index in [1.165, 1.54) is 0 Å². The molecular formula is C29H37N5O3. The van der Waals surface area contributed by atoms with Gasteiger partial charge in [-0.25, -0.2) is 4.99 Å². The lowest BCUT2D eigenvalue weighted by atomic mass is 10.0. The fourth-order valence-corrected chi connectivity index (χ4v) is 4.98. The van der Waals surface area contributed by atoms with E-state index in [-0.39, 0.29) is 17.9 Å². The van der Waals surface area contributed by atoms with Gasteiger partial charge in [-0.05, 0) is 76.5 Å². The van der Waals surface area contributed by atoms with Crippen LogP contribution in [0.3, 0.4) is 0 Å². The average Bonchev–Trinajstić information content (AvgIpc) is 3.42. The van der Waals surface area contributed by atoms with Crippen LogP contribution in [0.2, 0.25) is 0 Å². The second-order valence-electron chi connectivity index (χ2n) is 10.3. The number of nitrogens with zero attached hydrogens (tertiary/aromatic N) is 4. The van der Waals surface area contributed by atoms with Crippen LogP contribution in [-0.4, -0.2) is 71.0 Å². The zero-order chi connectivity index (χ0) is 26.5. The minimum Gasteiger partial charge on any atom is -0.342 e. The van der Waals surface area contributed by atoms with Crippen molar-refractivity contribution in [3.8, 4) is 0 Å². The van der Waals surface area contributed by atoms with E-state index >= 15 is 0 Å². The Labute approximate surface area is 219 Å². The van der Waals surface area contributed by atoms with E-state index in [4.69, 9.17) is 4.99 Å². The molecule has 3 aliphatic rings. The Balaban J connectivity index is 1.56. The minimum atomic E-state index is -0.0345. The van der Waals surface area contributed by atoms with E-state index in [9.17, 15) is 14.4 Å². The number of amidine groups is 1. The Morgan fingerprint density at radius 2 is 1.62 bits per heavy atom. The summed E-state index contributed by atoms with van der Waals surface area (Å²) in [6.45, 7) is 10.3. The van der Waals surface area contributed by atoms with Crippen LogP contribution in [-0.2, 0) is 9.59 Å². The van der Waals surface area contributed by atoms with Crippen molar-refractivity contribution in [3.05, 3.63) is 64.5 Å². The average molecular weight is 504 g/mol. The molecule has 8 nitrogen and oxygen atoms in total. The van der Waals surface area contributed by atoms with Gasteiger partial charge in [0.1, 0.15) is 11.7 Å². The molecule has 2 aliphatic heterocycles. The Morgan fingerprint density at radius 3 is 2.19 bits per heavy atom. The largest absolute Gasteiger partial charge is 0.342 e. The quantitative estimate of drug-likeness (QED) is 0.585.